The third-order valence-electron chi connectivity index (χ3n) is 0.672. The molecule has 0 aliphatic heterocycles. The summed E-state index contributed by atoms with van der Waals surface area (Å²) in [7, 11) is 0. The van der Waals surface area contributed by atoms with E-state index in [1.54, 1.807) is 6.07 Å². The molecule has 0 atom stereocenters. The minimum atomic E-state index is -0.0708. The van der Waals surface area contributed by atoms with Crippen LogP contribution in [0, 0.1) is 11.3 Å². The van der Waals surface area contributed by atoms with Gasteiger partial charge in [0.1, 0.15) is 6.07 Å². The summed E-state index contributed by atoms with van der Waals surface area (Å²) in [6.45, 7) is 0. The minimum absolute atomic E-state index is 0.0708. The van der Waals surface area contributed by atoms with Crippen LogP contribution in [0.15, 0.2) is 24.5 Å². The minimum Gasteiger partial charge on any atom is -0.263 e. The van der Waals surface area contributed by atoms with E-state index in [4.69, 9.17) is 8.00 Å². The summed E-state index contributed by atoms with van der Waals surface area (Å²) in [5.41, 5.74) is 0.146. The van der Waals surface area contributed by atoms with Crippen LogP contribution in [-0.2, 0) is 0 Å². The predicted octanol–water partition coefficient (Wildman–Crippen LogP) is 0.953. The van der Waals surface area contributed by atoms with Crippen molar-refractivity contribution in [3.63, 3.8) is 0 Å². The summed E-state index contributed by atoms with van der Waals surface area (Å²) in [5.74, 6) is 0. The fourth-order valence-electron chi connectivity index (χ4n) is 0.349. The normalized spacial score (nSPS) is 11.4. The van der Waals surface area contributed by atoms with E-state index in [9.17, 15) is 0 Å². The highest BCUT2D eigenvalue weighted by Crippen LogP contribution is 1.89. The first-order valence-electron chi connectivity index (χ1n) is 3.07. The zero-order valence-corrected chi connectivity index (χ0v) is 4.05. The number of hydrogen-bond acceptors (Lipinski definition) is 2. The number of nitrogens with zero attached hydrogens (tertiary/aromatic N) is 2. The topological polar surface area (TPSA) is 36.7 Å². The van der Waals surface area contributed by atoms with Gasteiger partial charge in [-0.05, 0) is 12.1 Å². The Labute approximate surface area is 50.2 Å². The third-order valence-corrected chi connectivity index (χ3v) is 0.672. The molecular formula is C6H4N2. The predicted molar refractivity (Wildman–Crippen MR) is 29.0 cm³/mol. The van der Waals surface area contributed by atoms with Crippen molar-refractivity contribution < 1.29 is 2.74 Å². The van der Waals surface area contributed by atoms with Gasteiger partial charge < -0.3 is 0 Å². The van der Waals surface area contributed by atoms with E-state index in [-0.39, 0.29) is 17.8 Å². The van der Waals surface area contributed by atoms with E-state index in [2.05, 4.69) is 4.98 Å². The highest BCUT2D eigenvalue weighted by Gasteiger charge is 1.80. The molecule has 0 fully saturated rings. The highest BCUT2D eigenvalue weighted by molar-refractivity contribution is 5.23. The lowest BCUT2D eigenvalue weighted by molar-refractivity contribution is 1.30. The molecule has 0 spiro atoms. The number of hydrogen-bond donors (Lipinski definition) is 0. The maximum atomic E-state index is 8.35. The monoisotopic (exact) mass is 106 g/mol. The molecule has 0 amide bonds. The fraction of sp³-hybridized carbons (Fsp3) is 0. The van der Waals surface area contributed by atoms with Crippen LogP contribution in [0.3, 0.4) is 0 Å². The molecule has 2 nitrogen and oxygen atoms in total. The molecule has 1 heterocycles. The molecule has 0 aliphatic rings. The summed E-state index contributed by atoms with van der Waals surface area (Å²) in [6.07, 6.45) is 1.17. The van der Waals surface area contributed by atoms with E-state index in [1.807, 2.05) is 0 Å². The lowest BCUT2D eigenvalue weighted by atomic mass is 10.3. The SMILES string of the molecule is [2H]c1cnc([2H])c(C#N)c1. The van der Waals surface area contributed by atoms with Crippen LogP contribution < -0.4 is 0 Å². The van der Waals surface area contributed by atoms with Crippen molar-refractivity contribution in [1.82, 2.24) is 4.98 Å². The van der Waals surface area contributed by atoms with Gasteiger partial charge in [-0.25, -0.2) is 0 Å². The Bertz CT molecular complexity index is 290. The second-order valence-electron chi connectivity index (χ2n) is 1.21. The van der Waals surface area contributed by atoms with Crippen LogP contribution in [-0.4, -0.2) is 4.98 Å². The zero-order chi connectivity index (χ0) is 7.56. The fourth-order valence-corrected chi connectivity index (χ4v) is 0.349. The Kier molecular flexibility index (Phi) is 0.736. The summed E-state index contributed by atoms with van der Waals surface area (Å²) in [4.78, 5) is 3.51. The summed E-state index contributed by atoms with van der Waals surface area (Å²) >= 11 is 0. The molecule has 1 aromatic heterocycles. The average Bonchev–Trinajstić information content (AvgIpc) is 1.94. The molecule has 1 aromatic rings. The summed E-state index contributed by atoms with van der Waals surface area (Å²) in [5, 5.41) is 8.35. The molecule has 38 valence electrons. The first-order valence-corrected chi connectivity index (χ1v) is 2.07. The molecule has 0 bridgehead atoms. The molecule has 0 aromatic carbocycles. The van der Waals surface area contributed by atoms with Gasteiger partial charge in [0.25, 0.3) is 0 Å². The molecule has 0 saturated carbocycles. The smallest absolute Gasteiger partial charge is 0.101 e. The van der Waals surface area contributed by atoms with Crippen molar-refractivity contribution in [3.8, 4) is 6.07 Å². The van der Waals surface area contributed by atoms with E-state index < -0.39 is 0 Å². The number of rotatable bonds is 0. The quantitative estimate of drug-likeness (QED) is 0.493. The molecule has 0 N–H and O–H groups in total. The van der Waals surface area contributed by atoms with Crippen LogP contribution in [0.4, 0.5) is 0 Å². The largest absolute Gasteiger partial charge is 0.263 e. The van der Waals surface area contributed by atoms with Gasteiger partial charge in [0, 0.05) is 12.4 Å². The lowest BCUT2D eigenvalue weighted by Gasteiger charge is -1.79. The van der Waals surface area contributed by atoms with Gasteiger partial charge in [0.2, 0.25) is 0 Å². The van der Waals surface area contributed by atoms with E-state index in [0.717, 1.165) is 0 Å². The number of aromatic nitrogens is 1. The van der Waals surface area contributed by atoms with Crippen LogP contribution in [0.2, 0.25) is 0 Å². The van der Waals surface area contributed by atoms with Crippen molar-refractivity contribution in [2.24, 2.45) is 0 Å². The van der Waals surface area contributed by atoms with Gasteiger partial charge in [-0.15, -0.1) is 0 Å². The van der Waals surface area contributed by atoms with Crippen LogP contribution in [0.25, 0.3) is 0 Å². The Morgan fingerprint density at radius 1 is 1.88 bits per heavy atom. The molecule has 8 heavy (non-hydrogen) atoms. The van der Waals surface area contributed by atoms with E-state index in [1.165, 1.54) is 12.3 Å². The Morgan fingerprint density at radius 3 is 3.38 bits per heavy atom. The maximum absolute atomic E-state index is 8.35. The molecule has 0 radical (unpaired) electrons. The van der Waals surface area contributed by atoms with Crippen molar-refractivity contribution in [2.75, 3.05) is 0 Å². The first kappa shape index (κ1) is 2.83. The van der Waals surface area contributed by atoms with Crippen molar-refractivity contribution in [3.05, 3.63) is 30.0 Å². The Morgan fingerprint density at radius 2 is 2.75 bits per heavy atom. The second kappa shape index (κ2) is 2.08. The number of pyridine rings is 1. The lowest BCUT2D eigenvalue weighted by Crippen LogP contribution is -1.72. The van der Waals surface area contributed by atoms with Crippen LogP contribution >= 0.6 is 0 Å². The second-order valence-corrected chi connectivity index (χ2v) is 1.21. The van der Waals surface area contributed by atoms with Gasteiger partial charge in [-0.2, -0.15) is 5.26 Å². The highest BCUT2D eigenvalue weighted by atomic mass is 14.6. The first-order chi connectivity index (χ1) is 4.74. The summed E-state index contributed by atoms with van der Waals surface area (Å²) in [6, 6.07) is 3.24. The average molecular weight is 106 g/mol. The Hall–Kier alpha value is -1.36. The Balaban J connectivity index is 3.25. The van der Waals surface area contributed by atoms with Crippen LogP contribution in [0.1, 0.15) is 8.30 Å². The molecule has 0 unspecified atom stereocenters. The third kappa shape index (κ3) is 0.824. The van der Waals surface area contributed by atoms with Crippen molar-refractivity contribution in [2.45, 2.75) is 0 Å². The van der Waals surface area contributed by atoms with Gasteiger partial charge >= 0.3 is 0 Å². The standard InChI is InChI=1S/C6H4N2/c7-4-6-2-1-3-8-5-6/h1-3,5H/i1D,5D. The maximum Gasteiger partial charge on any atom is 0.101 e. The molecular weight excluding hydrogens is 100 g/mol. The molecule has 2 heteroatoms. The van der Waals surface area contributed by atoms with Gasteiger partial charge in [-0.3, -0.25) is 4.98 Å². The zero-order valence-electron chi connectivity index (χ0n) is 6.05. The van der Waals surface area contributed by atoms with E-state index >= 15 is 0 Å². The number of nitriles is 1. The van der Waals surface area contributed by atoms with Crippen LogP contribution in [0.5, 0.6) is 0 Å². The summed E-state index contributed by atoms with van der Waals surface area (Å²) < 4.78 is 14.1. The molecule has 0 aliphatic carbocycles. The van der Waals surface area contributed by atoms with E-state index in [0.29, 0.717) is 0 Å². The van der Waals surface area contributed by atoms with Gasteiger partial charge in [0.05, 0.1) is 8.30 Å². The van der Waals surface area contributed by atoms with Gasteiger partial charge in [0.15, 0.2) is 0 Å². The van der Waals surface area contributed by atoms with Crippen molar-refractivity contribution in [1.29, 1.82) is 5.26 Å². The molecule has 1 rings (SSSR count). The van der Waals surface area contributed by atoms with Crippen molar-refractivity contribution >= 4 is 0 Å². The molecule has 0 saturated heterocycles. The van der Waals surface area contributed by atoms with Gasteiger partial charge in [-0.1, -0.05) is 0 Å².